The van der Waals surface area contributed by atoms with Crippen LogP contribution < -0.4 is 16.0 Å². The molecule has 0 aromatic heterocycles. The number of carbonyl (C=O) groups excluding carboxylic acids is 2. The monoisotopic (exact) mass is 471 g/mol. The largest absolute Gasteiger partial charge is 0.481 e. The third-order valence-corrected chi connectivity index (χ3v) is 7.59. The quantitative estimate of drug-likeness (QED) is 0.323. The van der Waals surface area contributed by atoms with Gasteiger partial charge in [-0.3, -0.25) is 14.8 Å². The number of thioether (sulfide) groups is 1. The summed E-state index contributed by atoms with van der Waals surface area (Å²) >= 11 is 1.49. The molecular formula is C20H29N3O6S2. The van der Waals surface area contributed by atoms with Gasteiger partial charge >= 0.3 is 0 Å². The maximum absolute atomic E-state index is 13.1. The molecule has 4 N–H and O–H groups in total. The molecule has 1 heterocycles. The van der Waals surface area contributed by atoms with Crippen molar-refractivity contribution in [2.24, 2.45) is 5.73 Å². The van der Waals surface area contributed by atoms with Gasteiger partial charge in [-0.15, -0.1) is 5.92 Å². The lowest BCUT2D eigenvalue weighted by Gasteiger charge is -2.43. The lowest BCUT2D eigenvalue weighted by atomic mass is 10.0. The highest BCUT2D eigenvalue weighted by molar-refractivity contribution is 8.00. The molecule has 1 aliphatic rings. The van der Waals surface area contributed by atoms with Gasteiger partial charge in [0.15, 0.2) is 0 Å². The van der Waals surface area contributed by atoms with Crippen LogP contribution in [0.3, 0.4) is 0 Å². The van der Waals surface area contributed by atoms with E-state index in [1.54, 1.807) is 45.3 Å². The standard InChI is InChI=1S/C17H22N2O5S2.C3H7NO/c1-4-5-11-24-13-6-8-14(9-7-13)26(22,23)19-10-12-25-17(2,3)15(19)16(20)18-21;1-2-3(4)5/h6-9,15,21H,10-12H2,1-3H3,(H,18,20);2H2,1H3,(H2,4,5). The molecule has 11 heteroatoms. The Morgan fingerprint density at radius 1 is 1.35 bits per heavy atom. The van der Waals surface area contributed by atoms with Crippen LogP contribution in [-0.4, -0.2) is 59.4 Å². The number of hydrogen-bond donors (Lipinski definition) is 3. The van der Waals surface area contributed by atoms with Crippen molar-refractivity contribution in [1.82, 2.24) is 9.79 Å². The molecule has 9 nitrogen and oxygen atoms in total. The van der Waals surface area contributed by atoms with E-state index in [4.69, 9.17) is 9.94 Å². The second-order valence-electron chi connectivity index (χ2n) is 6.95. The summed E-state index contributed by atoms with van der Waals surface area (Å²) in [6.45, 7) is 7.40. The van der Waals surface area contributed by atoms with Crippen LogP contribution in [0.25, 0.3) is 0 Å². The number of nitrogens with one attached hydrogen (secondary N) is 1. The topological polar surface area (TPSA) is 139 Å². The molecular weight excluding hydrogens is 442 g/mol. The average Bonchev–Trinajstić information content (AvgIpc) is 2.73. The first kappa shape index (κ1) is 26.8. The van der Waals surface area contributed by atoms with Crippen molar-refractivity contribution in [3.63, 3.8) is 0 Å². The Morgan fingerprint density at radius 2 is 1.94 bits per heavy atom. The summed E-state index contributed by atoms with van der Waals surface area (Å²) in [4.78, 5) is 21.8. The van der Waals surface area contributed by atoms with E-state index in [0.717, 1.165) is 4.31 Å². The highest BCUT2D eigenvalue weighted by Gasteiger charge is 2.48. The summed E-state index contributed by atoms with van der Waals surface area (Å²) in [5, 5.41) is 9.05. The molecule has 2 amide bonds. The van der Waals surface area contributed by atoms with E-state index in [-0.39, 0.29) is 24.0 Å². The van der Waals surface area contributed by atoms with Gasteiger partial charge in [0.2, 0.25) is 15.9 Å². The highest BCUT2D eigenvalue weighted by atomic mass is 32.2. The second-order valence-corrected chi connectivity index (χ2v) is 10.6. The molecule has 1 saturated heterocycles. The van der Waals surface area contributed by atoms with Gasteiger partial charge in [-0.25, -0.2) is 13.9 Å². The molecule has 1 unspecified atom stereocenters. The minimum Gasteiger partial charge on any atom is -0.481 e. The fourth-order valence-electron chi connectivity index (χ4n) is 2.75. The third kappa shape index (κ3) is 7.43. The van der Waals surface area contributed by atoms with Crippen molar-refractivity contribution < 1.29 is 28.0 Å². The molecule has 0 aliphatic carbocycles. The zero-order valence-corrected chi connectivity index (χ0v) is 19.7. The molecule has 1 aliphatic heterocycles. The van der Waals surface area contributed by atoms with Gasteiger partial charge in [-0.2, -0.15) is 16.1 Å². The number of benzene rings is 1. The van der Waals surface area contributed by atoms with Crippen molar-refractivity contribution >= 4 is 33.6 Å². The van der Waals surface area contributed by atoms with E-state index in [9.17, 15) is 18.0 Å². The first-order chi connectivity index (χ1) is 14.5. The number of ether oxygens (including phenoxy) is 1. The van der Waals surface area contributed by atoms with Gasteiger partial charge in [0.05, 0.1) is 4.90 Å². The number of sulfonamides is 1. The van der Waals surface area contributed by atoms with Crippen LogP contribution in [0.1, 0.15) is 34.1 Å². The summed E-state index contributed by atoms with van der Waals surface area (Å²) in [7, 11) is -3.91. The Labute approximate surface area is 187 Å². The number of carbonyl (C=O) groups is 2. The fourth-order valence-corrected chi connectivity index (χ4v) is 5.86. The van der Waals surface area contributed by atoms with Crippen LogP contribution in [0, 0.1) is 11.8 Å². The van der Waals surface area contributed by atoms with E-state index < -0.39 is 26.7 Å². The zero-order valence-electron chi connectivity index (χ0n) is 18.0. The lowest BCUT2D eigenvalue weighted by molar-refractivity contribution is -0.134. The smallest absolute Gasteiger partial charge is 0.263 e. The molecule has 1 fully saturated rings. The van der Waals surface area contributed by atoms with Crippen LogP contribution in [0.5, 0.6) is 5.75 Å². The number of nitrogens with two attached hydrogens (primary N) is 1. The van der Waals surface area contributed by atoms with Gasteiger partial charge in [-0.05, 0) is 45.0 Å². The van der Waals surface area contributed by atoms with E-state index in [1.807, 2.05) is 0 Å². The summed E-state index contributed by atoms with van der Waals surface area (Å²) in [5.74, 6) is 5.53. The van der Waals surface area contributed by atoms with Crippen molar-refractivity contribution in [3.8, 4) is 17.6 Å². The molecule has 0 radical (unpaired) electrons. The number of rotatable bonds is 6. The number of hydrogen-bond acceptors (Lipinski definition) is 7. The SMILES string of the molecule is CC#CCOc1ccc(S(=O)(=O)N2CCSC(C)(C)C2C(=O)NO)cc1.CCC(N)=O. The Morgan fingerprint density at radius 3 is 2.42 bits per heavy atom. The van der Waals surface area contributed by atoms with Crippen LogP contribution in [0.2, 0.25) is 0 Å². The van der Waals surface area contributed by atoms with Crippen molar-refractivity contribution in [2.75, 3.05) is 18.9 Å². The molecule has 0 saturated carbocycles. The Bertz CT molecular complexity index is 920. The van der Waals surface area contributed by atoms with Crippen molar-refractivity contribution in [2.45, 2.75) is 49.8 Å². The Hall–Kier alpha value is -2.26. The summed E-state index contributed by atoms with van der Waals surface area (Å²) in [6.07, 6.45) is 0.444. The van der Waals surface area contributed by atoms with Gasteiger partial charge in [0, 0.05) is 23.5 Å². The van der Waals surface area contributed by atoms with Crippen LogP contribution in [0.15, 0.2) is 29.2 Å². The molecule has 0 bridgehead atoms. The van der Waals surface area contributed by atoms with Crippen LogP contribution in [-0.2, 0) is 19.6 Å². The molecule has 0 spiro atoms. The van der Waals surface area contributed by atoms with E-state index >= 15 is 0 Å². The Kier molecular flexibility index (Phi) is 10.3. The normalized spacial score (nSPS) is 17.9. The molecule has 2 rings (SSSR count). The van der Waals surface area contributed by atoms with Crippen molar-refractivity contribution in [3.05, 3.63) is 24.3 Å². The number of hydroxylamine groups is 1. The van der Waals surface area contributed by atoms with Gasteiger partial charge < -0.3 is 10.5 Å². The predicted octanol–water partition coefficient (Wildman–Crippen LogP) is 1.36. The van der Waals surface area contributed by atoms with E-state index in [1.165, 1.54) is 23.9 Å². The first-order valence-electron chi connectivity index (χ1n) is 9.51. The number of primary amides is 1. The van der Waals surface area contributed by atoms with E-state index in [0.29, 0.717) is 17.9 Å². The molecule has 1 aromatic carbocycles. The summed E-state index contributed by atoms with van der Waals surface area (Å²) in [5.41, 5.74) is 6.24. The second kappa shape index (κ2) is 12.0. The lowest BCUT2D eigenvalue weighted by Crippen LogP contribution is -2.61. The minimum atomic E-state index is -3.91. The summed E-state index contributed by atoms with van der Waals surface area (Å²) < 4.78 is 32.0. The molecule has 1 atom stereocenters. The van der Waals surface area contributed by atoms with Gasteiger partial charge in [0.25, 0.3) is 5.91 Å². The van der Waals surface area contributed by atoms with E-state index in [2.05, 4.69) is 17.6 Å². The highest BCUT2D eigenvalue weighted by Crippen LogP contribution is 2.38. The fraction of sp³-hybridized carbons (Fsp3) is 0.500. The van der Waals surface area contributed by atoms with Crippen molar-refractivity contribution in [1.29, 1.82) is 0 Å². The zero-order chi connectivity index (χ0) is 23.7. The van der Waals surface area contributed by atoms with Crippen LogP contribution in [0.4, 0.5) is 0 Å². The van der Waals surface area contributed by atoms with Gasteiger partial charge in [0.1, 0.15) is 18.4 Å². The molecule has 31 heavy (non-hydrogen) atoms. The predicted molar refractivity (Wildman–Crippen MR) is 119 cm³/mol. The third-order valence-electron chi connectivity index (χ3n) is 4.36. The van der Waals surface area contributed by atoms with Gasteiger partial charge in [-0.1, -0.05) is 12.8 Å². The maximum atomic E-state index is 13.1. The number of amides is 2. The summed E-state index contributed by atoms with van der Waals surface area (Å²) in [6, 6.07) is 4.95. The first-order valence-corrected chi connectivity index (χ1v) is 11.9. The van der Waals surface area contributed by atoms with Crippen LogP contribution >= 0.6 is 11.8 Å². The Balaban J connectivity index is 0.000000861. The average molecular weight is 472 g/mol. The molecule has 172 valence electrons. The maximum Gasteiger partial charge on any atom is 0.263 e. The minimum absolute atomic E-state index is 0.0601. The number of nitrogens with zero attached hydrogens (tertiary/aromatic N) is 1. The molecule has 1 aromatic rings.